The average molecular weight is 481 g/mol. The fraction of sp³-hybridized carbons (Fsp3) is 0.0741. The van der Waals surface area contributed by atoms with E-state index in [1.807, 2.05) is 0 Å². The maximum Gasteiger partial charge on any atom is 0.450 e. The summed E-state index contributed by atoms with van der Waals surface area (Å²) in [7, 11) is 0. The minimum Gasteiger partial charge on any atom is -0.489 e. The second kappa shape index (κ2) is 8.54. The van der Waals surface area contributed by atoms with Crippen molar-refractivity contribution in [1.29, 1.82) is 0 Å². The van der Waals surface area contributed by atoms with Crippen molar-refractivity contribution in [3.63, 3.8) is 0 Å². The summed E-state index contributed by atoms with van der Waals surface area (Å²) in [5, 5.41) is 1.78. The summed E-state index contributed by atoms with van der Waals surface area (Å²) >= 11 is 6.13. The summed E-state index contributed by atoms with van der Waals surface area (Å²) in [6, 6.07) is 23.1. The van der Waals surface area contributed by atoms with Gasteiger partial charge >= 0.3 is 6.18 Å². The van der Waals surface area contributed by atoms with Gasteiger partial charge in [-0.1, -0.05) is 72.3 Å². The third-order valence-electron chi connectivity index (χ3n) is 5.53. The SMILES string of the molecule is O=c1c(-c2cccc3ccccc23)c(C(F)(F)F)oc2cc(OCc3ccccc3Cl)ccc12. The van der Waals surface area contributed by atoms with Crippen molar-refractivity contribution in [1.82, 2.24) is 0 Å². The molecule has 0 aliphatic carbocycles. The average Bonchev–Trinajstić information content (AvgIpc) is 2.82. The van der Waals surface area contributed by atoms with Gasteiger partial charge in [0.2, 0.25) is 11.2 Å². The van der Waals surface area contributed by atoms with Gasteiger partial charge in [0.1, 0.15) is 17.9 Å². The first kappa shape index (κ1) is 22.0. The van der Waals surface area contributed by atoms with Crippen molar-refractivity contribution in [3.8, 4) is 16.9 Å². The van der Waals surface area contributed by atoms with E-state index in [-0.39, 0.29) is 28.9 Å². The zero-order chi connectivity index (χ0) is 23.9. The molecule has 1 aromatic heterocycles. The van der Waals surface area contributed by atoms with Crippen molar-refractivity contribution in [2.45, 2.75) is 12.8 Å². The lowest BCUT2D eigenvalue weighted by atomic mass is 9.96. The van der Waals surface area contributed by atoms with Gasteiger partial charge in [0.25, 0.3) is 0 Å². The van der Waals surface area contributed by atoms with Crippen molar-refractivity contribution < 1.29 is 22.3 Å². The normalized spacial score (nSPS) is 11.8. The van der Waals surface area contributed by atoms with Crippen molar-refractivity contribution in [2.24, 2.45) is 0 Å². The maximum atomic E-state index is 14.1. The van der Waals surface area contributed by atoms with Crippen molar-refractivity contribution in [3.05, 3.63) is 111 Å². The van der Waals surface area contributed by atoms with Crippen LogP contribution < -0.4 is 10.2 Å². The van der Waals surface area contributed by atoms with Gasteiger partial charge in [-0.3, -0.25) is 4.79 Å². The van der Waals surface area contributed by atoms with Crippen LogP contribution in [0.3, 0.4) is 0 Å². The molecule has 1 heterocycles. The van der Waals surface area contributed by atoms with Crippen LogP contribution in [0.1, 0.15) is 11.3 Å². The molecule has 0 radical (unpaired) electrons. The minimum atomic E-state index is -4.88. The molecule has 0 unspecified atom stereocenters. The Morgan fingerprint density at radius 3 is 2.38 bits per heavy atom. The van der Waals surface area contributed by atoms with Gasteiger partial charge in [-0.15, -0.1) is 0 Å². The molecule has 170 valence electrons. The first-order valence-corrected chi connectivity index (χ1v) is 10.7. The minimum absolute atomic E-state index is 0.0287. The second-order valence-electron chi connectivity index (χ2n) is 7.70. The molecule has 4 aromatic carbocycles. The fourth-order valence-electron chi connectivity index (χ4n) is 3.93. The number of fused-ring (bicyclic) bond motifs is 2. The lowest BCUT2D eigenvalue weighted by molar-refractivity contribution is -0.152. The topological polar surface area (TPSA) is 39.4 Å². The van der Waals surface area contributed by atoms with Crippen molar-refractivity contribution >= 4 is 33.3 Å². The van der Waals surface area contributed by atoms with E-state index in [1.54, 1.807) is 60.7 Å². The van der Waals surface area contributed by atoms with E-state index in [1.165, 1.54) is 24.3 Å². The predicted molar refractivity (Wildman–Crippen MR) is 126 cm³/mol. The van der Waals surface area contributed by atoms with Crippen LogP contribution >= 0.6 is 11.6 Å². The second-order valence-corrected chi connectivity index (χ2v) is 8.11. The summed E-state index contributed by atoms with van der Waals surface area (Å²) in [5.41, 5.74) is -0.602. The number of alkyl halides is 3. The molecule has 0 fully saturated rings. The highest BCUT2D eigenvalue weighted by molar-refractivity contribution is 6.31. The molecule has 0 bridgehead atoms. The van der Waals surface area contributed by atoms with Crippen LogP contribution in [0.25, 0.3) is 32.9 Å². The molecule has 0 saturated carbocycles. The Bertz CT molecular complexity index is 1580. The third-order valence-corrected chi connectivity index (χ3v) is 5.90. The van der Waals surface area contributed by atoms with Crippen LogP contribution in [0.5, 0.6) is 5.75 Å². The quantitative estimate of drug-likeness (QED) is 0.263. The molecule has 0 atom stereocenters. The Morgan fingerprint density at radius 2 is 1.59 bits per heavy atom. The van der Waals surface area contributed by atoms with Gasteiger partial charge in [0.15, 0.2) is 0 Å². The van der Waals surface area contributed by atoms with Gasteiger partial charge < -0.3 is 9.15 Å². The molecule has 0 N–H and O–H groups in total. The molecule has 5 rings (SSSR count). The summed E-state index contributed by atoms with van der Waals surface area (Å²) in [6.45, 7) is 0.107. The Kier molecular flexibility index (Phi) is 5.54. The maximum absolute atomic E-state index is 14.1. The van der Waals surface area contributed by atoms with Gasteiger partial charge in [0, 0.05) is 16.7 Å². The molecule has 3 nitrogen and oxygen atoms in total. The highest BCUT2D eigenvalue weighted by atomic mass is 35.5. The van der Waals surface area contributed by atoms with E-state index in [0.29, 0.717) is 16.0 Å². The van der Waals surface area contributed by atoms with E-state index < -0.39 is 22.9 Å². The fourth-order valence-corrected chi connectivity index (χ4v) is 4.12. The predicted octanol–water partition coefficient (Wildman–Crippen LogP) is 7.86. The van der Waals surface area contributed by atoms with E-state index in [4.69, 9.17) is 20.8 Å². The van der Waals surface area contributed by atoms with Crippen LogP contribution in [-0.4, -0.2) is 0 Å². The zero-order valence-electron chi connectivity index (χ0n) is 17.5. The molecule has 0 aliphatic heterocycles. The molecule has 5 aromatic rings. The van der Waals surface area contributed by atoms with Crippen LogP contribution in [0.4, 0.5) is 13.2 Å². The van der Waals surface area contributed by atoms with Crippen LogP contribution in [0.2, 0.25) is 5.02 Å². The monoisotopic (exact) mass is 480 g/mol. The molecular formula is C27H16ClF3O3. The number of hydrogen-bond donors (Lipinski definition) is 0. The molecule has 0 aliphatic rings. The number of rotatable bonds is 4. The summed E-state index contributed by atoms with van der Waals surface area (Å²) in [6.07, 6.45) is -4.88. The lowest BCUT2D eigenvalue weighted by Gasteiger charge is -2.15. The Morgan fingerprint density at radius 1 is 0.853 bits per heavy atom. The standard InChI is InChI=1S/C27H16ClF3O3/c28-22-11-4-2-7-17(22)15-33-18-12-13-21-23(14-18)34-26(27(29,30)31)24(25(21)32)20-10-5-8-16-6-1-3-9-19(16)20/h1-14H,15H2. The van der Waals surface area contributed by atoms with Crippen LogP contribution in [0, 0.1) is 0 Å². The zero-order valence-corrected chi connectivity index (χ0v) is 18.3. The Balaban J connectivity index is 1.66. The number of benzene rings is 4. The molecule has 0 spiro atoms. The van der Waals surface area contributed by atoms with Gasteiger partial charge in [0.05, 0.1) is 10.9 Å². The van der Waals surface area contributed by atoms with E-state index >= 15 is 0 Å². The number of ether oxygens (including phenoxy) is 1. The first-order chi connectivity index (χ1) is 16.3. The largest absolute Gasteiger partial charge is 0.489 e. The van der Waals surface area contributed by atoms with E-state index in [0.717, 1.165) is 5.39 Å². The molecule has 0 saturated heterocycles. The highest BCUT2D eigenvalue weighted by Crippen LogP contribution is 2.39. The Hall–Kier alpha value is -3.77. The van der Waals surface area contributed by atoms with Crippen LogP contribution in [-0.2, 0) is 12.8 Å². The van der Waals surface area contributed by atoms with Crippen LogP contribution in [0.15, 0.2) is 94.1 Å². The lowest BCUT2D eigenvalue weighted by Crippen LogP contribution is -2.16. The number of hydrogen-bond acceptors (Lipinski definition) is 3. The summed E-state index contributed by atoms with van der Waals surface area (Å²) < 4.78 is 53.3. The van der Waals surface area contributed by atoms with E-state index in [9.17, 15) is 18.0 Å². The van der Waals surface area contributed by atoms with Gasteiger partial charge in [-0.25, -0.2) is 0 Å². The van der Waals surface area contributed by atoms with Gasteiger partial charge in [-0.2, -0.15) is 13.2 Å². The smallest absolute Gasteiger partial charge is 0.450 e. The van der Waals surface area contributed by atoms with Gasteiger partial charge in [-0.05, 0) is 34.5 Å². The molecule has 0 amide bonds. The molecular weight excluding hydrogens is 465 g/mol. The molecule has 34 heavy (non-hydrogen) atoms. The highest BCUT2D eigenvalue weighted by Gasteiger charge is 2.39. The summed E-state index contributed by atoms with van der Waals surface area (Å²) in [5.74, 6) is -1.09. The summed E-state index contributed by atoms with van der Waals surface area (Å²) in [4.78, 5) is 13.4. The Labute approximate surface area is 197 Å². The number of halogens is 4. The van der Waals surface area contributed by atoms with E-state index in [2.05, 4.69) is 0 Å². The third kappa shape index (κ3) is 4.01. The first-order valence-electron chi connectivity index (χ1n) is 10.4. The van der Waals surface area contributed by atoms with Crippen molar-refractivity contribution in [2.75, 3.05) is 0 Å². The molecule has 7 heteroatoms.